The van der Waals surface area contributed by atoms with E-state index in [4.69, 9.17) is 0 Å². The maximum absolute atomic E-state index is 11.4. The maximum Gasteiger partial charge on any atom is 0.240 e. The minimum Gasteiger partial charge on any atom is -0.329 e. The minimum absolute atomic E-state index is 0.0694. The SMILES string of the molecule is CCCC1NC(C)N(C)C1=O. The van der Waals surface area contributed by atoms with E-state index in [0.29, 0.717) is 0 Å². The van der Waals surface area contributed by atoms with Gasteiger partial charge in [0.1, 0.15) is 0 Å². The molecule has 2 atom stereocenters. The number of hydrogen-bond donors (Lipinski definition) is 1. The van der Waals surface area contributed by atoms with Gasteiger partial charge in [0.05, 0.1) is 12.2 Å². The predicted molar refractivity (Wildman–Crippen MR) is 44.1 cm³/mol. The lowest BCUT2D eigenvalue weighted by molar-refractivity contribution is -0.128. The average molecular weight is 156 g/mol. The summed E-state index contributed by atoms with van der Waals surface area (Å²) in [6, 6.07) is 0.0694. The Balaban J connectivity index is 2.52. The van der Waals surface area contributed by atoms with Gasteiger partial charge >= 0.3 is 0 Å². The van der Waals surface area contributed by atoms with Gasteiger partial charge < -0.3 is 4.90 Å². The maximum atomic E-state index is 11.4. The molecule has 0 aromatic carbocycles. The van der Waals surface area contributed by atoms with E-state index in [0.717, 1.165) is 12.8 Å². The summed E-state index contributed by atoms with van der Waals surface area (Å²) < 4.78 is 0. The van der Waals surface area contributed by atoms with E-state index in [1.165, 1.54) is 0 Å². The normalized spacial score (nSPS) is 31.5. The molecular weight excluding hydrogens is 140 g/mol. The van der Waals surface area contributed by atoms with Crippen molar-refractivity contribution in [3.05, 3.63) is 0 Å². The summed E-state index contributed by atoms with van der Waals surface area (Å²) in [5.41, 5.74) is 0. The largest absolute Gasteiger partial charge is 0.329 e. The molecule has 64 valence electrons. The second kappa shape index (κ2) is 3.22. The molecule has 0 saturated carbocycles. The number of carbonyl (C=O) groups excluding carboxylic acids is 1. The molecule has 1 rings (SSSR count). The predicted octanol–water partition coefficient (Wildman–Crippen LogP) is 0.563. The van der Waals surface area contributed by atoms with Gasteiger partial charge in [-0.2, -0.15) is 0 Å². The molecule has 1 amide bonds. The molecule has 0 radical (unpaired) electrons. The van der Waals surface area contributed by atoms with E-state index >= 15 is 0 Å². The van der Waals surface area contributed by atoms with Crippen LogP contribution in [-0.4, -0.2) is 30.1 Å². The summed E-state index contributed by atoms with van der Waals surface area (Å²) in [7, 11) is 1.84. The second-order valence-corrected chi connectivity index (χ2v) is 3.13. The van der Waals surface area contributed by atoms with Crippen molar-refractivity contribution in [2.24, 2.45) is 0 Å². The molecule has 1 fully saturated rings. The molecule has 1 heterocycles. The van der Waals surface area contributed by atoms with Crippen molar-refractivity contribution in [3.8, 4) is 0 Å². The van der Waals surface area contributed by atoms with Crippen LogP contribution in [0.1, 0.15) is 26.7 Å². The van der Waals surface area contributed by atoms with Crippen LogP contribution in [0.4, 0.5) is 0 Å². The fourth-order valence-corrected chi connectivity index (χ4v) is 1.41. The molecule has 3 nitrogen and oxygen atoms in total. The Bertz CT molecular complexity index is 158. The quantitative estimate of drug-likeness (QED) is 0.633. The zero-order valence-corrected chi connectivity index (χ0v) is 7.42. The van der Waals surface area contributed by atoms with Gasteiger partial charge in [0.2, 0.25) is 5.91 Å². The van der Waals surface area contributed by atoms with Gasteiger partial charge in [-0.3, -0.25) is 10.1 Å². The fourth-order valence-electron chi connectivity index (χ4n) is 1.41. The Morgan fingerprint density at radius 3 is 2.64 bits per heavy atom. The Labute approximate surface area is 67.8 Å². The molecule has 1 N–H and O–H groups in total. The molecule has 1 saturated heterocycles. The number of nitrogens with one attached hydrogen (secondary N) is 1. The van der Waals surface area contributed by atoms with E-state index in [2.05, 4.69) is 12.2 Å². The van der Waals surface area contributed by atoms with Gasteiger partial charge in [0.25, 0.3) is 0 Å². The average Bonchev–Trinajstić information content (AvgIpc) is 2.19. The molecule has 0 aromatic heterocycles. The topological polar surface area (TPSA) is 32.3 Å². The molecule has 3 heteroatoms. The first-order valence-corrected chi connectivity index (χ1v) is 4.19. The first-order valence-electron chi connectivity index (χ1n) is 4.19. The van der Waals surface area contributed by atoms with Crippen molar-refractivity contribution < 1.29 is 4.79 Å². The van der Waals surface area contributed by atoms with Crippen molar-refractivity contribution in [3.63, 3.8) is 0 Å². The van der Waals surface area contributed by atoms with Gasteiger partial charge in [-0.25, -0.2) is 0 Å². The fraction of sp³-hybridized carbons (Fsp3) is 0.875. The zero-order chi connectivity index (χ0) is 8.43. The molecule has 11 heavy (non-hydrogen) atoms. The van der Waals surface area contributed by atoms with Gasteiger partial charge in [0, 0.05) is 7.05 Å². The van der Waals surface area contributed by atoms with E-state index in [1.54, 1.807) is 4.90 Å². The number of rotatable bonds is 2. The molecule has 0 bridgehead atoms. The Hall–Kier alpha value is -0.570. The summed E-state index contributed by atoms with van der Waals surface area (Å²) in [6.45, 7) is 4.10. The first-order chi connectivity index (χ1) is 5.16. The molecule has 1 aliphatic heterocycles. The number of carbonyl (C=O) groups is 1. The number of likely N-dealkylation sites (N-methyl/N-ethyl adjacent to an activating group) is 1. The first kappa shape index (κ1) is 8.53. The van der Waals surface area contributed by atoms with Crippen LogP contribution in [0.5, 0.6) is 0 Å². The summed E-state index contributed by atoms with van der Waals surface area (Å²) in [4.78, 5) is 13.1. The number of hydrogen-bond acceptors (Lipinski definition) is 2. The van der Waals surface area contributed by atoms with Crippen LogP contribution in [0.2, 0.25) is 0 Å². The van der Waals surface area contributed by atoms with Gasteiger partial charge in [-0.05, 0) is 13.3 Å². The molecule has 1 aliphatic rings. The van der Waals surface area contributed by atoms with Crippen molar-refractivity contribution in [2.45, 2.75) is 38.9 Å². The van der Waals surface area contributed by atoms with Crippen LogP contribution >= 0.6 is 0 Å². The third-order valence-corrected chi connectivity index (χ3v) is 2.25. The van der Waals surface area contributed by atoms with Crippen LogP contribution in [0.15, 0.2) is 0 Å². The highest BCUT2D eigenvalue weighted by atomic mass is 16.2. The standard InChI is InChI=1S/C8H16N2O/c1-4-5-7-8(11)10(3)6(2)9-7/h6-7,9H,4-5H2,1-3H3. The van der Waals surface area contributed by atoms with E-state index in [9.17, 15) is 4.79 Å². The van der Waals surface area contributed by atoms with E-state index < -0.39 is 0 Å². The van der Waals surface area contributed by atoms with E-state index in [1.807, 2.05) is 14.0 Å². The minimum atomic E-state index is 0.0694. The molecule has 0 spiro atoms. The highest BCUT2D eigenvalue weighted by molar-refractivity contribution is 5.83. The smallest absolute Gasteiger partial charge is 0.240 e. The highest BCUT2D eigenvalue weighted by Gasteiger charge is 2.32. The molecule has 2 unspecified atom stereocenters. The van der Waals surface area contributed by atoms with E-state index in [-0.39, 0.29) is 18.1 Å². The van der Waals surface area contributed by atoms with Gasteiger partial charge in [-0.1, -0.05) is 13.3 Å². The number of amides is 1. The third-order valence-electron chi connectivity index (χ3n) is 2.25. The Morgan fingerprint density at radius 2 is 2.27 bits per heavy atom. The van der Waals surface area contributed by atoms with Crippen molar-refractivity contribution in [2.75, 3.05) is 7.05 Å². The second-order valence-electron chi connectivity index (χ2n) is 3.13. The number of nitrogens with zero attached hydrogens (tertiary/aromatic N) is 1. The van der Waals surface area contributed by atoms with Crippen molar-refractivity contribution >= 4 is 5.91 Å². The molecule has 0 aromatic rings. The van der Waals surface area contributed by atoms with Gasteiger partial charge in [0.15, 0.2) is 0 Å². The zero-order valence-electron chi connectivity index (χ0n) is 7.42. The van der Waals surface area contributed by atoms with Crippen LogP contribution in [0.3, 0.4) is 0 Å². The summed E-state index contributed by atoms with van der Waals surface area (Å²) >= 11 is 0. The Morgan fingerprint density at radius 1 is 1.64 bits per heavy atom. The lowest BCUT2D eigenvalue weighted by Crippen LogP contribution is -2.31. The summed E-state index contributed by atoms with van der Waals surface area (Å²) in [5, 5.41) is 3.23. The molecule has 0 aliphatic carbocycles. The van der Waals surface area contributed by atoms with Crippen LogP contribution in [-0.2, 0) is 4.79 Å². The summed E-state index contributed by atoms with van der Waals surface area (Å²) in [5.74, 6) is 0.236. The third kappa shape index (κ3) is 1.53. The van der Waals surface area contributed by atoms with Crippen molar-refractivity contribution in [1.29, 1.82) is 0 Å². The van der Waals surface area contributed by atoms with Crippen LogP contribution in [0.25, 0.3) is 0 Å². The van der Waals surface area contributed by atoms with Crippen LogP contribution < -0.4 is 5.32 Å². The van der Waals surface area contributed by atoms with Crippen LogP contribution in [0, 0.1) is 0 Å². The lowest BCUT2D eigenvalue weighted by atomic mass is 10.2. The van der Waals surface area contributed by atoms with Gasteiger partial charge in [-0.15, -0.1) is 0 Å². The Kier molecular flexibility index (Phi) is 2.49. The summed E-state index contributed by atoms with van der Waals surface area (Å²) in [6.07, 6.45) is 2.22. The monoisotopic (exact) mass is 156 g/mol. The van der Waals surface area contributed by atoms with Crippen molar-refractivity contribution in [1.82, 2.24) is 10.2 Å². The molecular formula is C8H16N2O. The lowest BCUT2D eigenvalue weighted by Gasteiger charge is -2.12. The highest BCUT2D eigenvalue weighted by Crippen LogP contribution is 2.11.